The van der Waals surface area contributed by atoms with Gasteiger partial charge in [0, 0.05) is 6.04 Å². The fourth-order valence-electron chi connectivity index (χ4n) is 4.42. The van der Waals surface area contributed by atoms with Gasteiger partial charge >= 0.3 is 0 Å². The second-order valence-electron chi connectivity index (χ2n) is 6.46. The lowest BCUT2D eigenvalue weighted by atomic mass is 9.95. The molecule has 3 atom stereocenters. The van der Waals surface area contributed by atoms with Crippen molar-refractivity contribution in [2.24, 2.45) is 17.8 Å². The molecule has 2 aliphatic carbocycles. The van der Waals surface area contributed by atoms with Gasteiger partial charge in [-0.2, -0.15) is 0 Å². The summed E-state index contributed by atoms with van der Waals surface area (Å²) in [5.74, 6) is 3.23. The zero-order valence-electron chi connectivity index (χ0n) is 12.4. The van der Waals surface area contributed by atoms with E-state index in [1.165, 1.54) is 24.8 Å². The first-order chi connectivity index (χ1) is 10.3. The molecule has 4 heteroatoms. The summed E-state index contributed by atoms with van der Waals surface area (Å²) in [6, 6.07) is 6.46. The number of nitrogens with one attached hydrogen (secondary N) is 2. The normalized spacial score (nSPS) is 31.5. The average Bonchev–Trinajstić information content (AvgIpc) is 3.02. The van der Waals surface area contributed by atoms with Crippen LogP contribution in [0, 0.1) is 17.8 Å². The van der Waals surface area contributed by atoms with Crippen LogP contribution in [0.1, 0.15) is 41.2 Å². The predicted molar refractivity (Wildman–Crippen MR) is 80.4 cm³/mol. The Bertz CT molecular complexity index is 562. The molecule has 1 aromatic carbocycles. The summed E-state index contributed by atoms with van der Waals surface area (Å²) in [7, 11) is 2.03. The molecule has 3 aliphatic rings. The van der Waals surface area contributed by atoms with Gasteiger partial charge in [0.25, 0.3) is 5.91 Å². The number of carbonyl (C=O) groups excluding carboxylic acids is 1. The SMILES string of the molecule is CNC(c1ccc2c(c1)C(=O)NCCO2)C1C2CCCC21. The third-order valence-corrected chi connectivity index (χ3v) is 5.42. The van der Waals surface area contributed by atoms with E-state index < -0.39 is 0 Å². The van der Waals surface area contributed by atoms with Crippen LogP contribution in [0.25, 0.3) is 0 Å². The van der Waals surface area contributed by atoms with Crippen LogP contribution in [0.15, 0.2) is 18.2 Å². The van der Waals surface area contributed by atoms with Crippen LogP contribution in [0.2, 0.25) is 0 Å². The van der Waals surface area contributed by atoms with Gasteiger partial charge in [-0.05, 0) is 55.3 Å². The lowest BCUT2D eigenvalue weighted by Crippen LogP contribution is -2.25. The first-order valence-corrected chi connectivity index (χ1v) is 8.02. The number of fused-ring (bicyclic) bond motifs is 2. The summed E-state index contributed by atoms with van der Waals surface area (Å²) in [6.07, 6.45) is 4.15. The van der Waals surface area contributed by atoms with Crippen LogP contribution < -0.4 is 15.4 Å². The second-order valence-corrected chi connectivity index (χ2v) is 6.46. The Morgan fingerprint density at radius 1 is 1.33 bits per heavy atom. The molecule has 1 heterocycles. The summed E-state index contributed by atoms with van der Waals surface area (Å²) in [4.78, 5) is 12.1. The van der Waals surface area contributed by atoms with Crippen molar-refractivity contribution in [1.82, 2.24) is 10.6 Å². The van der Waals surface area contributed by atoms with Gasteiger partial charge < -0.3 is 15.4 Å². The third kappa shape index (κ3) is 2.13. The van der Waals surface area contributed by atoms with E-state index in [1.54, 1.807) is 0 Å². The summed E-state index contributed by atoms with van der Waals surface area (Å²) in [5.41, 5.74) is 1.90. The van der Waals surface area contributed by atoms with E-state index in [4.69, 9.17) is 4.74 Å². The van der Waals surface area contributed by atoms with Gasteiger partial charge in [0.1, 0.15) is 12.4 Å². The number of benzene rings is 1. The molecule has 0 radical (unpaired) electrons. The minimum Gasteiger partial charge on any atom is -0.491 e. The Hall–Kier alpha value is -1.55. The Labute approximate surface area is 125 Å². The summed E-state index contributed by atoms with van der Waals surface area (Å²) in [5, 5.41) is 6.36. The van der Waals surface area contributed by atoms with Crippen molar-refractivity contribution in [3.63, 3.8) is 0 Å². The topological polar surface area (TPSA) is 50.4 Å². The van der Waals surface area contributed by atoms with Crippen molar-refractivity contribution >= 4 is 5.91 Å². The molecule has 1 amide bonds. The molecule has 21 heavy (non-hydrogen) atoms. The average molecular weight is 286 g/mol. The van der Waals surface area contributed by atoms with Crippen molar-refractivity contribution in [2.75, 3.05) is 20.2 Å². The molecule has 2 fully saturated rings. The third-order valence-electron chi connectivity index (χ3n) is 5.42. The molecule has 2 N–H and O–H groups in total. The van der Waals surface area contributed by atoms with E-state index in [1.807, 2.05) is 19.2 Å². The van der Waals surface area contributed by atoms with Gasteiger partial charge in [-0.25, -0.2) is 0 Å². The lowest BCUT2D eigenvalue weighted by molar-refractivity contribution is 0.0957. The lowest BCUT2D eigenvalue weighted by Gasteiger charge is -2.20. The standard InChI is InChI=1S/C17H22N2O2/c1-18-16(15-11-3-2-4-12(11)15)10-5-6-14-13(9-10)17(20)19-7-8-21-14/h5-6,9,11-12,15-16,18H,2-4,7-8H2,1H3,(H,19,20). The highest BCUT2D eigenvalue weighted by Crippen LogP contribution is 2.62. The summed E-state index contributed by atoms with van der Waals surface area (Å²) >= 11 is 0. The van der Waals surface area contributed by atoms with Crippen molar-refractivity contribution in [3.05, 3.63) is 29.3 Å². The number of hydrogen-bond acceptors (Lipinski definition) is 3. The quantitative estimate of drug-likeness (QED) is 0.895. The van der Waals surface area contributed by atoms with Crippen LogP contribution in [-0.4, -0.2) is 26.1 Å². The van der Waals surface area contributed by atoms with Crippen molar-refractivity contribution in [1.29, 1.82) is 0 Å². The van der Waals surface area contributed by atoms with Crippen LogP contribution in [0.5, 0.6) is 5.75 Å². The minimum atomic E-state index is -0.0183. The highest BCUT2D eigenvalue weighted by atomic mass is 16.5. The molecule has 112 valence electrons. The first kappa shape index (κ1) is 13.1. The van der Waals surface area contributed by atoms with Gasteiger partial charge in [0.15, 0.2) is 0 Å². The highest BCUT2D eigenvalue weighted by Gasteiger charge is 2.55. The van der Waals surface area contributed by atoms with Crippen molar-refractivity contribution in [3.8, 4) is 5.75 Å². The molecule has 2 saturated carbocycles. The molecule has 1 aromatic rings. The van der Waals surface area contributed by atoms with Crippen molar-refractivity contribution < 1.29 is 9.53 Å². The van der Waals surface area contributed by atoms with E-state index >= 15 is 0 Å². The molecular formula is C17H22N2O2. The van der Waals surface area contributed by atoms with Crippen LogP contribution in [0.4, 0.5) is 0 Å². The monoisotopic (exact) mass is 286 g/mol. The Morgan fingerprint density at radius 2 is 2.14 bits per heavy atom. The molecule has 0 bridgehead atoms. The van der Waals surface area contributed by atoms with Gasteiger partial charge in [-0.15, -0.1) is 0 Å². The number of carbonyl (C=O) groups is 1. The summed E-state index contributed by atoms with van der Waals surface area (Å²) < 4.78 is 5.63. The minimum absolute atomic E-state index is 0.0183. The number of amides is 1. The van der Waals surface area contributed by atoms with E-state index in [9.17, 15) is 4.79 Å². The fraction of sp³-hybridized carbons (Fsp3) is 0.588. The van der Waals surface area contributed by atoms with E-state index in [-0.39, 0.29) is 5.91 Å². The molecule has 4 nitrogen and oxygen atoms in total. The molecular weight excluding hydrogens is 264 g/mol. The maximum Gasteiger partial charge on any atom is 0.255 e. The van der Waals surface area contributed by atoms with Gasteiger partial charge in [0.05, 0.1) is 12.1 Å². The number of ether oxygens (including phenoxy) is 1. The maximum atomic E-state index is 12.1. The smallest absolute Gasteiger partial charge is 0.255 e. The zero-order chi connectivity index (χ0) is 14.4. The Balaban J connectivity index is 1.64. The van der Waals surface area contributed by atoms with Crippen LogP contribution in [0.3, 0.4) is 0 Å². The Morgan fingerprint density at radius 3 is 2.90 bits per heavy atom. The predicted octanol–water partition coefficient (Wildman–Crippen LogP) is 2.12. The molecule has 4 rings (SSSR count). The van der Waals surface area contributed by atoms with Gasteiger partial charge in [-0.1, -0.05) is 12.5 Å². The van der Waals surface area contributed by atoms with Crippen molar-refractivity contribution in [2.45, 2.75) is 25.3 Å². The molecule has 0 spiro atoms. The first-order valence-electron chi connectivity index (χ1n) is 8.02. The van der Waals surface area contributed by atoms with E-state index in [2.05, 4.69) is 16.7 Å². The summed E-state index contributed by atoms with van der Waals surface area (Å²) in [6.45, 7) is 1.12. The van der Waals surface area contributed by atoms with E-state index in [0.29, 0.717) is 30.5 Å². The molecule has 1 aliphatic heterocycles. The van der Waals surface area contributed by atoms with E-state index in [0.717, 1.165) is 17.8 Å². The number of hydrogen-bond donors (Lipinski definition) is 2. The fourth-order valence-corrected chi connectivity index (χ4v) is 4.42. The zero-order valence-corrected chi connectivity index (χ0v) is 12.4. The molecule has 0 aromatic heterocycles. The molecule has 3 unspecified atom stereocenters. The van der Waals surface area contributed by atoms with Gasteiger partial charge in [0.2, 0.25) is 0 Å². The number of rotatable bonds is 3. The second kappa shape index (κ2) is 5.02. The highest BCUT2D eigenvalue weighted by molar-refractivity contribution is 5.97. The van der Waals surface area contributed by atoms with Crippen LogP contribution in [-0.2, 0) is 0 Å². The van der Waals surface area contributed by atoms with Gasteiger partial charge in [-0.3, -0.25) is 4.79 Å². The Kier molecular flexibility index (Phi) is 3.14. The molecule has 0 saturated heterocycles. The maximum absolute atomic E-state index is 12.1. The van der Waals surface area contributed by atoms with Crippen LogP contribution >= 0.6 is 0 Å². The largest absolute Gasteiger partial charge is 0.491 e.